The summed E-state index contributed by atoms with van der Waals surface area (Å²) >= 11 is 0. The Kier molecular flexibility index (Phi) is 30.0. The number of ether oxygens (including phenoxy) is 2. The number of nitrogens with one attached hydrogen (secondary N) is 3. The molecule has 14 rings (SSSR count). The number of aliphatic hydroxyl groups excluding tert-OH is 1. The molecule has 1 fully saturated rings. The van der Waals surface area contributed by atoms with Crippen molar-refractivity contribution in [3.63, 3.8) is 0 Å². The molecule has 520 valence electrons. The van der Waals surface area contributed by atoms with E-state index in [0.717, 1.165) is 82.4 Å². The number of carbonyl (C=O) groups is 4. The molecule has 100 heavy (non-hydrogen) atoms. The number of aromatic nitrogens is 11. The van der Waals surface area contributed by atoms with Gasteiger partial charge in [0, 0.05) is 75.7 Å². The molecule has 0 radical (unpaired) electrons. The Morgan fingerprint density at radius 1 is 0.540 bits per heavy atom. The molecule has 5 aromatic heterocycles. The molecule has 0 aliphatic carbocycles. The van der Waals surface area contributed by atoms with Gasteiger partial charge in [0.1, 0.15) is 0 Å². The van der Waals surface area contributed by atoms with Crippen LogP contribution in [-0.2, 0) is 47.0 Å². The first-order valence-electron chi connectivity index (χ1n) is 32.4. The van der Waals surface area contributed by atoms with Crippen LogP contribution in [0.1, 0.15) is 99.8 Å². The highest BCUT2D eigenvalue weighted by Crippen LogP contribution is 2.24. The Labute approximate surface area is 578 Å². The molecular formula is C75H86N16O9. The van der Waals surface area contributed by atoms with Crippen molar-refractivity contribution in [2.45, 2.75) is 79.2 Å². The summed E-state index contributed by atoms with van der Waals surface area (Å²) in [5, 5.41) is 16.9. The molecule has 1 aliphatic rings. The summed E-state index contributed by atoms with van der Waals surface area (Å²) in [7, 11) is 1.38. The lowest BCUT2D eigenvalue weighted by Crippen LogP contribution is -2.29. The number of imidazole rings is 4. The van der Waals surface area contributed by atoms with E-state index in [1.54, 1.807) is 54.7 Å². The predicted molar refractivity (Wildman–Crippen MR) is 389 cm³/mol. The summed E-state index contributed by atoms with van der Waals surface area (Å²) < 4.78 is 19.5. The summed E-state index contributed by atoms with van der Waals surface area (Å²) in [4.78, 5) is 76.4. The second kappa shape index (κ2) is 39.6. The molecule has 12 N–H and O–H groups in total. The molecule has 0 unspecified atom stereocenters. The van der Waals surface area contributed by atoms with Crippen molar-refractivity contribution in [2.24, 2.45) is 17.5 Å². The molecular weight excluding hydrogens is 1270 g/mol. The number of hydrogen-bond acceptors (Lipinski definition) is 16. The first kappa shape index (κ1) is 75.8. The van der Waals surface area contributed by atoms with Crippen LogP contribution in [-0.4, -0.2) is 121 Å². The monoisotopic (exact) mass is 1350 g/mol. The van der Waals surface area contributed by atoms with Crippen LogP contribution in [0.4, 0.5) is 0 Å². The van der Waals surface area contributed by atoms with Gasteiger partial charge in [-0.25, -0.2) is 40.5 Å². The third-order valence-electron chi connectivity index (χ3n) is 15.5. The maximum Gasteiger partial charge on any atom is 0.343 e. The minimum absolute atomic E-state index is 0. The van der Waals surface area contributed by atoms with Gasteiger partial charge >= 0.3 is 11.7 Å². The quantitative estimate of drug-likeness (QED) is 0.0193. The van der Waals surface area contributed by atoms with E-state index in [4.69, 9.17) is 20.4 Å². The molecule has 13 aromatic rings. The molecule has 0 atom stereocenters. The maximum atomic E-state index is 12.3. The lowest BCUT2D eigenvalue weighted by molar-refractivity contribution is -0.118. The van der Waals surface area contributed by atoms with Gasteiger partial charge in [-0.15, -0.1) is 0 Å². The van der Waals surface area contributed by atoms with Crippen LogP contribution in [0.5, 0.6) is 0 Å². The van der Waals surface area contributed by atoms with Gasteiger partial charge in [-0.1, -0.05) is 128 Å². The normalized spacial score (nSPS) is 11.1. The molecule has 2 amide bonds. The molecule has 0 spiro atoms. The summed E-state index contributed by atoms with van der Waals surface area (Å²) in [5.74, 6) is 13.0. The van der Waals surface area contributed by atoms with Gasteiger partial charge in [0.2, 0.25) is 0 Å². The summed E-state index contributed by atoms with van der Waals surface area (Å²) in [6.45, 7) is 11.3. The van der Waals surface area contributed by atoms with Crippen molar-refractivity contribution < 1.29 is 39.2 Å². The third kappa shape index (κ3) is 21.2. The number of aromatic amines is 1. The van der Waals surface area contributed by atoms with Crippen molar-refractivity contribution >= 4 is 67.7 Å². The van der Waals surface area contributed by atoms with E-state index >= 15 is 0 Å². The lowest BCUT2D eigenvalue weighted by Gasteiger charge is -2.07. The standard InChI is InChI=1S/C20H21N3O2.C18H17N5O.C16H14N2O2.C15H14N4O.C4H8O.C2H6O.H4N2.H2O/c1-2-6-17(24)12-21-20(25)16-9-10-18-19(11-16)23(14-22-18)13-15-7-4-3-5-8-15;1-2-23-17(20-21-18(23)24)14-8-9-15-16(10-14)22(12-19-15)11-13-6-4-3-5-7-13;1-20-16(19)13-7-8-14-15(9-13)18(11-17-14)10-12-5-3-2-4-6-12;16-18-15(20)12-6-7-13-14(8-12)19(10-17-13)9-11-4-2-1-3-5-11;1-2-4-5-3-1;1-2-3;1-2;/h3-5,7-11,14H,2,6,12-13H2,1H3,(H,21,25);3-10,12H,2,11H2,1H3,(H,21,24);2-9,11H,10H2,1H3;1-8,10H,9,16H2,(H,18,20);1-4H2;3H,2H2,1H3;1-2H2;1H2. The number of nitrogens with two attached hydrogens (primary N) is 3. The first-order chi connectivity index (χ1) is 48.4. The maximum absolute atomic E-state index is 12.3. The minimum atomic E-state index is -0.334. The molecule has 0 saturated carbocycles. The second-order valence-electron chi connectivity index (χ2n) is 22.4. The highest BCUT2D eigenvalue weighted by atomic mass is 16.5. The number of fused-ring (bicyclic) bond motifs is 4. The molecule has 1 aliphatic heterocycles. The topological polar surface area (TPSA) is 363 Å². The van der Waals surface area contributed by atoms with Gasteiger partial charge in [0.25, 0.3) is 11.8 Å². The van der Waals surface area contributed by atoms with Crippen LogP contribution in [0.25, 0.3) is 55.5 Å². The molecule has 25 heteroatoms. The number of Topliss-reactive ketones (excluding diaryl/α,β-unsaturated/α-hetero) is 1. The highest BCUT2D eigenvalue weighted by molar-refractivity contribution is 5.99. The van der Waals surface area contributed by atoms with Crippen LogP contribution < -0.4 is 34.0 Å². The molecule has 1 saturated heterocycles. The predicted octanol–water partition coefficient (Wildman–Crippen LogP) is 9.19. The van der Waals surface area contributed by atoms with Gasteiger partial charge in [-0.2, -0.15) is 5.10 Å². The van der Waals surface area contributed by atoms with E-state index in [9.17, 15) is 24.0 Å². The van der Waals surface area contributed by atoms with Gasteiger partial charge in [-0.05, 0) is 128 Å². The highest BCUT2D eigenvalue weighted by Gasteiger charge is 2.15. The van der Waals surface area contributed by atoms with Crippen molar-refractivity contribution in [1.82, 2.24) is 63.7 Å². The molecule has 0 bridgehead atoms. The molecule has 8 aromatic carbocycles. The number of H-pyrrole nitrogens is 1. The first-order valence-corrected chi connectivity index (χ1v) is 32.4. The zero-order chi connectivity index (χ0) is 70.3. The Morgan fingerprint density at radius 2 is 0.910 bits per heavy atom. The van der Waals surface area contributed by atoms with E-state index < -0.39 is 0 Å². The number of amides is 2. The Hall–Kier alpha value is -11.6. The number of nitrogen functional groups attached to an aromatic ring is 1. The fourth-order valence-corrected chi connectivity index (χ4v) is 10.6. The van der Waals surface area contributed by atoms with E-state index in [2.05, 4.69) is 106 Å². The third-order valence-corrected chi connectivity index (χ3v) is 15.5. The number of nitrogens with zero attached hydrogens (tertiary/aromatic N) is 10. The number of hydrogen-bond donors (Lipinski definition) is 7. The van der Waals surface area contributed by atoms with E-state index in [-0.39, 0.29) is 47.9 Å². The number of ketones is 1. The Morgan fingerprint density at radius 3 is 1.27 bits per heavy atom. The fraction of sp³-hybridized carbons (Fsp3) is 0.227. The summed E-state index contributed by atoms with van der Waals surface area (Å²) in [6, 6.07) is 62.7. The number of aliphatic hydroxyl groups is 1. The number of hydrazine groups is 2. The summed E-state index contributed by atoms with van der Waals surface area (Å²) in [5.41, 5.74) is 16.5. The largest absolute Gasteiger partial charge is 0.465 e. The SMILES string of the molecule is C1CCOC1.CCCC(=O)CNC(=O)c1ccc2ncn(Cc3ccccc3)c2c1.CCO.CCn1c(-c2ccc3ncn(Cc4ccccc4)c3c2)n[nH]c1=O.COC(=O)c1ccc2ncn(Cc3ccccc3)c2c1.NN.NNC(=O)c1ccc2ncn(Cc3ccccc3)c2c1.O. The number of esters is 1. The number of rotatable bonds is 17. The molecule has 6 heterocycles. The van der Waals surface area contributed by atoms with E-state index in [1.165, 1.54) is 42.2 Å². The number of benzene rings is 8. The van der Waals surface area contributed by atoms with Crippen LogP contribution >= 0.6 is 0 Å². The van der Waals surface area contributed by atoms with Crippen molar-refractivity contribution in [3.8, 4) is 11.4 Å². The smallest absolute Gasteiger partial charge is 0.343 e. The van der Waals surface area contributed by atoms with Crippen LogP contribution in [0.2, 0.25) is 0 Å². The second-order valence-corrected chi connectivity index (χ2v) is 22.4. The number of methoxy groups -OCH3 is 1. The Bertz CT molecular complexity index is 4580. The van der Waals surface area contributed by atoms with Crippen LogP contribution in [0.15, 0.2) is 224 Å². The van der Waals surface area contributed by atoms with Gasteiger partial charge in [-0.3, -0.25) is 36.1 Å². The van der Waals surface area contributed by atoms with Gasteiger partial charge < -0.3 is 43.6 Å². The Balaban J connectivity index is 0.000000179. The van der Waals surface area contributed by atoms with E-state index in [0.29, 0.717) is 48.6 Å². The van der Waals surface area contributed by atoms with Crippen molar-refractivity contribution in [1.29, 1.82) is 0 Å². The zero-order valence-electron chi connectivity index (χ0n) is 56.5. The molecule has 25 nitrogen and oxygen atoms in total. The van der Waals surface area contributed by atoms with Crippen molar-refractivity contribution in [3.05, 3.63) is 269 Å². The minimum Gasteiger partial charge on any atom is -0.465 e. The van der Waals surface area contributed by atoms with Crippen LogP contribution in [0, 0.1) is 0 Å². The average molecular weight is 1360 g/mol. The fourth-order valence-electron chi connectivity index (χ4n) is 10.6. The van der Waals surface area contributed by atoms with E-state index in [1.807, 2.05) is 155 Å². The summed E-state index contributed by atoms with van der Waals surface area (Å²) in [6.07, 6.45) is 11.0. The van der Waals surface area contributed by atoms with Crippen molar-refractivity contribution in [2.75, 3.05) is 33.5 Å². The van der Waals surface area contributed by atoms with Gasteiger partial charge in [0.05, 0.1) is 88.7 Å². The number of carbonyl (C=O) groups excluding carboxylic acids is 4. The average Bonchev–Trinajstić information content (AvgIpc) is 1.69. The lowest BCUT2D eigenvalue weighted by atomic mass is 10.1. The van der Waals surface area contributed by atoms with Crippen LogP contribution in [0.3, 0.4) is 0 Å². The van der Waals surface area contributed by atoms with Gasteiger partial charge in [0.15, 0.2) is 11.6 Å². The zero-order valence-corrected chi connectivity index (χ0v) is 56.5.